The van der Waals surface area contributed by atoms with Crippen LogP contribution in [-0.4, -0.2) is 24.9 Å². The first-order valence-corrected chi connectivity index (χ1v) is 24.2. The molecule has 0 saturated carbocycles. The highest BCUT2D eigenvalue weighted by molar-refractivity contribution is 7.25. The summed E-state index contributed by atoms with van der Waals surface area (Å²) in [6.07, 6.45) is 0. The second-order valence-electron chi connectivity index (χ2n) is 17.9. The Morgan fingerprint density at radius 2 is 0.725 bits per heavy atom. The molecule has 6 heteroatoms. The second kappa shape index (κ2) is 16.0. The summed E-state index contributed by atoms with van der Waals surface area (Å²) in [5.41, 5.74) is 18.0. The van der Waals surface area contributed by atoms with Gasteiger partial charge in [-0.25, -0.2) is 24.9 Å². The average Bonchev–Trinajstić information content (AvgIpc) is 3.82. The third-order valence-corrected chi connectivity index (χ3v) is 15.1. The average molecular weight is 898 g/mol. The lowest BCUT2D eigenvalue weighted by atomic mass is 9.60. The molecule has 3 aliphatic rings. The fraction of sp³-hybridized carbons (Fsp3) is 0.0317. The smallest absolute Gasteiger partial charge is 0.164 e. The number of benzene rings is 9. The van der Waals surface area contributed by atoms with Crippen LogP contribution in [-0.2, 0) is 0 Å². The van der Waals surface area contributed by atoms with Crippen LogP contribution < -0.4 is 0 Å². The number of thiophene rings is 1. The zero-order chi connectivity index (χ0) is 45.4. The summed E-state index contributed by atoms with van der Waals surface area (Å²) in [6.45, 7) is 0. The van der Waals surface area contributed by atoms with Crippen LogP contribution in [0.3, 0.4) is 0 Å². The van der Waals surface area contributed by atoms with Crippen molar-refractivity contribution in [3.05, 3.63) is 258 Å². The van der Waals surface area contributed by atoms with Gasteiger partial charge in [0.05, 0.1) is 11.4 Å². The van der Waals surface area contributed by atoms with Crippen LogP contribution >= 0.6 is 11.3 Å². The Hall–Kier alpha value is -8.71. The highest BCUT2D eigenvalue weighted by atomic mass is 32.1. The van der Waals surface area contributed by atoms with Crippen LogP contribution in [0.15, 0.2) is 224 Å². The van der Waals surface area contributed by atoms with Crippen molar-refractivity contribution in [2.24, 2.45) is 0 Å². The maximum atomic E-state index is 5.36. The van der Waals surface area contributed by atoms with E-state index < -0.39 is 0 Å². The van der Waals surface area contributed by atoms with Gasteiger partial charge in [0.1, 0.15) is 0 Å². The van der Waals surface area contributed by atoms with Crippen molar-refractivity contribution >= 4 is 31.5 Å². The third-order valence-electron chi connectivity index (χ3n) is 13.9. The second-order valence-corrected chi connectivity index (χ2v) is 19.0. The first kappa shape index (κ1) is 39.5. The van der Waals surface area contributed by atoms with E-state index in [1.165, 1.54) is 59.1 Å². The first-order valence-electron chi connectivity index (χ1n) is 23.4. The fourth-order valence-corrected chi connectivity index (χ4v) is 12.0. The van der Waals surface area contributed by atoms with E-state index in [1.807, 2.05) is 53.8 Å². The molecule has 0 saturated heterocycles. The van der Waals surface area contributed by atoms with Gasteiger partial charge >= 0.3 is 0 Å². The minimum atomic E-state index is 0.0397. The molecule has 15 rings (SSSR count). The largest absolute Gasteiger partial charge is 0.228 e. The Labute approximate surface area is 403 Å². The molecule has 0 radical (unpaired) electrons. The molecule has 322 valence electrons. The number of nitrogens with zero attached hydrogens (tertiary/aromatic N) is 5. The summed E-state index contributed by atoms with van der Waals surface area (Å²) in [7, 11) is 0. The molecule has 0 amide bonds. The van der Waals surface area contributed by atoms with E-state index in [4.69, 9.17) is 24.9 Å². The Morgan fingerprint density at radius 1 is 0.275 bits per heavy atom. The summed E-state index contributed by atoms with van der Waals surface area (Å²) in [5.74, 6) is 2.75. The number of rotatable bonds is 7. The summed E-state index contributed by atoms with van der Waals surface area (Å²) in [6, 6.07) is 79.8. The standard InChI is InChI=1S/C63H39N5S/c1-4-17-38(18-5-1)60-64-53(37-54(65-60)44-24-11-10-23-43(44)45-28-16-30-56-59(45)50-27-14-15-29-55(50)69-56)41-31-33-48-51(35-41)57-46-25-12-13-26-47(46)58(48)52-36-42(32-34-49(52)57)63-67-61(39-19-6-2-7-20-39)66-62(68-63)40-21-8-3-9-22-40/h1-37,57-58H. The van der Waals surface area contributed by atoms with Gasteiger partial charge in [0.2, 0.25) is 0 Å². The van der Waals surface area contributed by atoms with Crippen molar-refractivity contribution in [3.63, 3.8) is 0 Å². The van der Waals surface area contributed by atoms with E-state index in [1.54, 1.807) is 0 Å². The maximum Gasteiger partial charge on any atom is 0.164 e. The van der Waals surface area contributed by atoms with Gasteiger partial charge in [-0.15, -0.1) is 11.3 Å². The van der Waals surface area contributed by atoms with Crippen molar-refractivity contribution in [3.8, 4) is 79.2 Å². The summed E-state index contributed by atoms with van der Waals surface area (Å²) in [5, 5.41) is 2.56. The number of aromatic nitrogens is 5. The predicted octanol–water partition coefficient (Wildman–Crippen LogP) is 15.7. The highest BCUT2D eigenvalue weighted by Gasteiger charge is 2.41. The number of hydrogen-bond donors (Lipinski definition) is 0. The molecule has 3 heterocycles. The molecule has 12 aromatic rings. The Bertz CT molecular complexity index is 3920. The van der Waals surface area contributed by atoms with Crippen molar-refractivity contribution < 1.29 is 0 Å². The van der Waals surface area contributed by atoms with E-state index in [2.05, 4.69) is 182 Å². The van der Waals surface area contributed by atoms with E-state index >= 15 is 0 Å². The van der Waals surface area contributed by atoms with E-state index in [0.29, 0.717) is 23.3 Å². The van der Waals surface area contributed by atoms with Gasteiger partial charge in [-0.2, -0.15) is 0 Å². The Morgan fingerprint density at radius 3 is 1.36 bits per heavy atom. The van der Waals surface area contributed by atoms with Gasteiger partial charge in [-0.3, -0.25) is 0 Å². The lowest BCUT2D eigenvalue weighted by molar-refractivity contribution is 0.754. The molecule has 9 aromatic carbocycles. The van der Waals surface area contributed by atoms with Crippen molar-refractivity contribution in [2.75, 3.05) is 0 Å². The molecule has 69 heavy (non-hydrogen) atoms. The van der Waals surface area contributed by atoms with Crippen LogP contribution in [0.25, 0.3) is 99.4 Å². The van der Waals surface area contributed by atoms with Crippen LogP contribution in [0.2, 0.25) is 0 Å². The minimum Gasteiger partial charge on any atom is -0.228 e. The highest BCUT2D eigenvalue weighted by Crippen LogP contribution is 2.57. The fourth-order valence-electron chi connectivity index (χ4n) is 10.8. The van der Waals surface area contributed by atoms with Gasteiger partial charge < -0.3 is 0 Å². The van der Waals surface area contributed by atoms with E-state index in [0.717, 1.165) is 50.3 Å². The summed E-state index contributed by atoms with van der Waals surface area (Å²) >= 11 is 1.84. The van der Waals surface area contributed by atoms with Gasteiger partial charge in [0.25, 0.3) is 0 Å². The zero-order valence-corrected chi connectivity index (χ0v) is 38.0. The molecule has 3 aromatic heterocycles. The molecular weight excluding hydrogens is 859 g/mol. The molecular formula is C63H39N5S. The maximum absolute atomic E-state index is 5.36. The normalized spacial score (nSPS) is 14.4. The van der Waals surface area contributed by atoms with Crippen molar-refractivity contribution in [1.29, 1.82) is 0 Å². The summed E-state index contributed by atoms with van der Waals surface area (Å²) in [4.78, 5) is 25.9. The molecule has 0 fully saturated rings. The molecule has 2 atom stereocenters. The van der Waals surface area contributed by atoms with Gasteiger partial charge in [-0.1, -0.05) is 194 Å². The van der Waals surface area contributed by atoms with Crippen LogP contribution in [0.1, 0.15) is 45.2 Å². The van der Waals surface area contributed by atoms with Gasteiger partial charge in [-0.05, 0) is 74.8 Å². The topological polar surface area (TPSA) is 64.5 Å². The van der Waals surface area contributed by atoms with E-state index in [-0.39, 0.29) is 11.8 Å². The van der Waals surface area contributed by atoms with Crippen molar-refractivity contribution in [1.82, 2.24) is 24.9 Å². The Balaban J connectivity index is 0.907. The molecule has 0 aliphatic heterocycles. The van der Waals surface area contributed by atoms with Gasteiger partial charge in [0, 0.05) is 65.4 Å². The van der Waals surface area contributed by atoms with E-state index in [9.17, 15) is 0 Å². The van der Waals surface area contributed by atoms with Crippen LogP contribution in [0, 0.1) is 0 Å². The molecule has 0 spiro atoms. The molecule has 5 nitrogen and oxygen atoms in total. The molecule has 3 aliphatic carbocycles. The quantitative estimate of drug-likeness (QED) is 0.159. The lowest BCUT2D eigenvalue weighted by Crippen LogP contribution is -2.27. The summed E-state index contributed by atoms with van der Waals surface area (Å²) < 4.78 is 2.57. The zero-order valence-electron chi connectivity index (χ0n) is 37.2. The molecule has 2 bridgehead atoms. The Kier molecular flexibility index (Phi) is 9.14. The van der Waals surface area contributed by atoms with Crippen LogP contribution in [0.4, 0.5) is 0 Å². The first-order chi connectivity index (χ1) is 34.2. The van der Waals surface area contributed by atoms with Crippen molar-refractivity contribution in [2.45, 2.75) is 11.8 Å². The van der Waals surface area contributed by atoms with Gasteiger partial charge in [0.15, 0.2) is 23.3 Å². The predicted molar refractivity (Wildman–Crippen MR) is 281 cm³/mol. The SMILES string of the molecule is c1ccc(-c2nc(-c3ccc4c(c3)C3c5ccccc5C4c4cc(-c5nc(-c6ccccc6)nc(-c6ccccc6)n5)ccc43)cc(-c3ccccc3-c3cccc4sc5ccccc5c34)n2)cc1. The number of fused-ring (bicyclic) bond motifs is 3. The molecule has 0 N–H and O–H groups in total. The third kappa shape index (κ3) is 6.56. The minimum absolute atomic E-state index is 0.0397. The molecule has 2 unspecified atom stereocenters. The monoisotopic (exact) mass is 897 g/mol. The lowest BCUT2D eigenvalue weighted by Gasteiger charge is -2.42. The number of hydrogen-bond acceptors (Lipinski definition) is 6. The van der Waals surface area contributed by atoms with Crippen LogP contribution in [0.5, 0.6) is 0 Å².